The van der Waals surface area contributed by atoms with E-state index < -0.39 is 5.82 Å². The van der Waals surface area contributed by atoms with Gasteiger partial charge in [0.1, 0.15) is 5.03 Å². The Morgan fingerprint density at radius 2 is 2.30 bits per heavy atom. The molecule has 0 aliphatic rings. The smallest absolute Gasteiger partial charge is 0.251 e. The van der Waals surface area contributed by atoms with Gasteiger partial charge in [0, 0.05) is 11.8 Å². The Kier molecular flexibility index (Phi) is 4.64. The second kappa shape index (κ2) is 6.44. The van der Waals surface area contributed by atoms with Crippen molar-refractivity contribution in [3.63, 3.8) is 0 Å². The van der Waals surface area contributed by atoms with Crippen molar-refractivity contribution >= 4 is 17.7 Å². The SMILES string of the molecule is CCCc1cc(=O)[nH]c(Sc2nc(NN)ncc2F)n1. The first-order chi connectivity index (χ1) is 9.62. The van der Waals surface area contributed by atoms with E-state index in [0.717, 1.165) is 24.4 Å². The summed E-state index contributed by atoms with van der Waals surface area (Å²) >= 11 is 0.910. The number of nitrogen functional groups attached to an aromatic ring is 1. The van der Waals surface area contributed by atoms with Crippen molar-refractivity contribution in [1.29, 1.82) is 0 Å². The van der Waals surface area contributed by atoms with Gasteiger partial charge in [0.2, 0.25) is 5.95 Å². The van der Waals surface area contributed by atoms with Gasteiger partial charge in [0.25, 0.3) is 5.56 Å². The summed E-state index contributed by atoms with van der Waals surface area (Å²) in [6, 6.07) is 1.43. The van der Waals surface area contributed by atoms with Gasteiger partial charge >= 0.3 is 0 Å². The van der Waals surface area contributed by atoms with E-state index in [0.29, 0.717) is 12.1 Å². The molecule has 2 rings (SSSR count). The number of halogens is 1. The number of hydrogen-bond acceptors (Lipinski definition) is 7. The lowest BCUT2D eigenvalue weighted by Gasteiger charge is -2.05. The summed E-state index contributed by atoms with van der Waals surface area (Å²) in [6.45, 7) is 1.99. The van der Waals surface area contributed by atoms with Gasteiger partial charge in [-0.1, -0.05) is 13.3 Å². The molecule has 7 nitrogen and oxygen atoms in total. The third-order valence-electron chi connectivity index (χ3n) is 2.31. The zero-order valence-electron chi connectivity index (χ0n) is 10.7. The zero-order chi connectivity index (χ0) is 14.5. The average molecular weight is 296 g/mol. The van der Waals surface area contributed by atoms with E-state index in [4.69, 9.17) is 5.84 Å². The Morgan fingerprint density at radius 1 is 1.50 bits per heavy atom. The van der Waals surface area contributed by atoms with Gasteiger partial charge in [-0.05, 0) is 18.2 Å². The van der Waals surface area contributed by atoms with Gasteiger partial charge in [0.15, 0.2) is 11.0 Å². The molecule has 0 amide bonds. The fourth-order valence-electron chi connectivity index (χ4n) is 1.50. The van der Waals surface area contributed by atoms with Crippen molar-refractivity contribution < 1.29 is 4.39 Å². The first kappa shape index (κ1) is 14.4. The monoisotopic (exact) mass is 296 g/mol. The molecule has 106 valence electrons. The van der Waals surface area contributed by atoms with E-state index in [-0.39, 0.29) is 21.7 Å². The summed E-state index contributed by atoms with van der Waals surface area (Å²) < 4.78 is 13.6. The molecule has 0 saturated heterocycles. The minimum absolute atomic E-state index is 0.0322. The molecule has 0 aliphatic heterocycles. The standard InChI is InChI=1S/C11H13FN6OS/c1-2-3-6-4-8(19)16-11(15-6)20-9-7(12)5-14-10(17-9)18-13/h4-5H,2-3,13H2,1H3,(H,14,17,18)(H,15,16,19). The highest BCUT2D eigenvalue weighted by atomic mass is 32.2. The predicted molar refractivity (Wildman–Crippen MR) is 72.8 cm³/mol. The van der Waals surface area contributed by atoms with E-state index in [9.17, 15) is 9.18 Å². The Balaban J connectivity index is 2.31. The lowest BCUT2D eigenvalue weighted by Crippen LogP contribution is -2.12. The highest BCUT2D eigenvalue weighted by Crippen LogP contribution is 2.25. The summed E-state index contributed by atoms with van der Waals surface area (Å²) in [5.74, 6) is 4.64. The first-order valence-corrected chi connectivity index (χ1v) is 6.71. The topological polar surface area (TPSA) is 110 Å². The molecule has 0 bridgehead atoms. The Morgan fingerprint density at radius 3 is 3.00 bits per heavy atom. The van der Waals surface area contributed by atoms with Gasteiger partial charge in [0.05, 0.1) is 6.20 Å². The number of aromatic nitrogens is 4. The summed E-state index contributed by atoms with van der Waals surface area (Å²) in [5.41, 5.74) is 2.61. The second-order valence-corrected chi connectivity index (χ2v) is 4.86. The molecule has 0 saturated carbocycles. The lowest BCUT2D eigenvalue weighted by molar-refractivity contribution is 0.579. The molecular formula is C11H13FN6OS. The van der Waals surface area contributed by atoms with Crippen LogP contribution < -0.4 is 16.8 Å². The van der Waals surface area contributed by atoms with Crippen LogP contribution in [0.5, 0.6) is 0 Å². The Hall–Kier alpha value is -2.00. The zero-order valence-corrected chi connectivity index (χ0v) is 11.5. The highest BCUT2D eigenvalue weighted by molar-refractivity contribution is 7.99. The molecule has 2 aromatic heterocycles. The van der Waals surface area contributed by atoms with Gasteiger partial charge in [-0.25, -0.2) is 25.2 Å². The van der Waals surface area contributed by atoms with Crippen molar-refractivity contribution in [1.82, 2.24) is 19.9 Å². The summed E-state index contributed by atoms with van der Waals surface area (Å²) in [5, 5.41) is 0.311. The van der Waals surface area contributed by atoms with Gasteiger partial charge in [-0.15, -0.1) is 0 Å². The Labute approximate surface area is 118 Å². The number of aromatic amines is 1. The van der Waals surface area contributed by atoms with Crippen molar-refractivity contribution in [3.8, 4) is 0 Å². The fourth-order valence-corrected chi connectivity index (χ4v) is 2.28. The van der Waals surface area contributed by atoms with E-state index in [1.54, 1.807) is 0 Å². The number of anilines is 1. The molecule has 4 N–H and O–H groups in total. The van der Waals surface area contributed by atoms with Crippen LogP contribution in [0.1, 0.15) is 19.0 Å². The molecule has 0 aliphatic carbocycles. The molecule has 2 heterocycles. The van der Waals surface area contributed by atoms with E-state index >= 15 is 0 Å². The maximum absolute atomic E-state index is 13.6. The number of nitrogens with zero attached hydrogens (tertiary/aromatic N) is 3. The van der Waals surface area contributed by atoms with Crippen LogP contribution in [0, 0.1) is 5.82 Å². The maximum atomic E-state index is 13.6. The normalized spacial score (nSPS) is 10.6. The van der Waals surface area contributed by atoms with Crippen molar-refractivity contribution in [2.24, 2.45) is 5.84 Å². The number of H-pyrrole nitrogens is 1. The van der Waals surface area contributed by atoms with Crippen LogP contribution in [0.3, 0.4) is 0 Å². The second-order valence-electron chi connectivity index (χ2n) is 3.88. The summed E-state index contributed by atoms with van der Waals surface area (Å²) in [6.07, 6.45) is 2.54. The molecule has 0 atom stereocenters. The fraction of sp³-hybridized carbons (Fsp3) is 0.273. The maximum Gasteiger partial charge on any atom is 0.251 e. The minimum Gasteiger partial charge on any atom is -0.301 e. The van der Waals surface area contributed by atoms with Gasteiger partial charge < -0.3 is 4.98 Å². The van der Waals surface area contributed by atoms with Crippen molar-refractivity contribution in [2.75, 3.05) is 5.43 Å². The molecular weight excluding hydrogens is 283 g/mol. The van der Waals surface area contributed by atoms with Crippen LogP contribution in [0.2, 0.25) is 0 Å². The average Bonchev–Trinajstić information content (AvgIpc) is 2.41. The van der Waals surface area contributed by atoms with Crippen LogP contribution in [-0.4, -0.2) is 19.9 Å². The molecule has 0 fully saturated rings. The van der Waals surface area contributed by atoms with Gasteiger partial charge in [-0.2, -0.15) is 0 Å². The van der Waals surface area contributed by atoms with E-state index in [1.165, 1.54) is 6.07 Å². The molecule has 9 heteroatoms. The molecule has 2 aromatic rings. The number of aryl methyl sites for hydroxylation is 1. The number of nitrogens with two attached hydrogens (primary N) is 1. The van der Waals surface area contributed by atoms with Crippen LogP contribution in [-0.2, 0) is 6.42 Å². The number of hydrazine groups is 1. The van der Waals surface area contributed by atoms with Crippen LogP contribution in [0.15, 0.2) is 27.2 Å². The quantitative estimate of drug-likeness (QED) is 0.328. The molecule has 0 aromatic carbocycles. The molecule has 0 unspecified atom stereocenters. The third kappa shape index (κ3) is 3.52. The van der Waals surface area contributed by atoms with E-state index in [1.807, 2.05) is 6.92 Å². The van der Waals surface area contributed by atoms with Crippen molar-refractivity contribution in [2.45, 2.75) is 29.9 Å². The molecule has 0 spiro atoms. The van der Waals surface area contributed by atoms with Crippen LogP contribution >= 0.6 is 11.8 Å². The predicted octanol–water partition coefficient (Wildman–Crippen LogP) is 1.09. The molecule has 20 heavy (non-hydrogen) atoms. The minimum atomic E-state index is -0.613. The number of hydrogen-bond donors (Lipinski definition) is 3. The summed E-state index contributed by atoms with van der Waals surface area (Å²) in [7, 11) is 0. The Bertz CT molecular complexity index is 662. The van der Waals surface area contributed by atoms with E-state index in [2.05, 4.69) is 25.4 Å². The van der Waals surface area contributed by atoms with Crippen molar-refractivity contribution in [3.05, 3.63) is 34.1 Å². The number of nitrogens with one attached hydrogen (secondary N) is 2. The summed E-state index contributed by atoms with van der Waals surface area (Å²) in [4.78, 5) is 25.8. The van der Waals surface area contributed by atoms with Crippen LogP contribution in [0.4, 0.5) is 10.3 Å². The lowest BCUT2D eigenvalue weighted by atomic mass is 10.2. The first-order valence-electron chi connectivity index (χ1n) is 5.89. The molecule has 0 radical (unpaired) electrons. The van der Waals surface area contributed by atoms with Crippen LogP contribution in [0.25, 0.3) is 0 Å². The third-order valence-corrected chi connectivity index (χ3v) is 3.18. The largest absolute Gasteiger partial charge is 0.301 e. The highest BCUT2D eigenvalue weighted by Gasteiger charge is 2.11. The van der Waals surface area contributed by atoms with Gasteiger partial charge in [-0.3, -0.25) is 10.2 Å². The number of rotatable bonds is 5.